The Hall–Kier alpha value is -2.74. The van der Waals surface area contributed by atoms with E-state index < -0.39 is 18.8 Å². The van der Waals surface area contributed by atoms with Gasteiger partial charge in [-0.25, -0.2) is 4.79 Å². The van der Waals surface area contributed by atoms with Crippen LogP contribution in [0.15, 0.2) is 48.5 Å². The van der Waals surface area contributed by atoms with Crippen LogP contribution >= 0.6 is 0 Å². The van der Waals surface area contributed by atoms with Crippen molar-refractivity contribution in [3.8, 4) is 5.75 Å². The van der Waals surface area contributed by atoms with Crippen molar-refractivity contribution in [1.29, 1.82) is 0 Å². The van der Waals surface area contributed by atoms with Crippen LogP contribution in [0, 0.1) is 0 Å². The fourth-order valence-corrected chi connectivity index (χ4v) is 2.13. The molecule has 2 aromatic rings. The molecule has 2 N–H and O–H groups in total. The maximum absolute atomic E-state index is 12.0. The van der Waals surface area contributed by atoms with Gasteiger partial charge in [-0.15, -0.1) is 0 Å². The summed E-state index contributed by atoms with van der Waals surface area (Å²) in [6.45, 7) is -1.13. The van der Waals surface area contributed by atoms with Gasteiger partial charge < -0.3 is 20.1 Å². The molecule has 0 atom stereocenters. The van der Waals surface area contributed by atoms with Gasteiger partial charge in [0.15, 0.2) is 0 Å². The predicted molar refractivity (Wildman–Crippen MR) is 91.0 cm³/mol. The van der Waals surface area contributed by atoms with E-state index in [0.717, 1.165) is 5.56 Å². The number of nitrogens with one attached hydrogen (secondary N) is 2. The van der Waals surface area contributed by atoms with E-state index in [1.54, 1.807) is 48.5 Å². The van der Waals surface area contributed by atoms with Crippen LogP contribution in [0.1, 0.15) is 11.1 Å². The van der Waals surface area contributed by atoms with Crippen LogP contribution in [0.25, 0.3) is 0 Å². The second-order valence-corrected chi connectivity index (χ2v) is 5.43. The number of urea groups is 1. The van der Waals surface area contributed by atoms with Crippen LogP contribution in [0.5, 0.6) is 5.75 Å². The second-order valence-electron chi connectivity index (χ2n) is 5.43. The number of rotatable bonds is 7. The van der Waals surface area contributed by atoms with E-state index in [-0.39, 0.29) is 13.2 Å². The molecule has 0 aliphatic rings. The fraction of sp³-hybridized carbons (Fsp3) is 0.278. The number of benzene rings is 2. The number of carbonyl (C=O) groups is 1. The summed E-state index contributed by atoms with van der Waals surface area (Å²) in [7, 11) is 1.51. The number of methoxy groups -OCH3 is 1. The Labute approximate surface area is 149 Å². The average molecular weight is 368 g/mol. The quantitative estimate of drug-likeness (QED) is 0.774. The maximum Gasteiger partial charge on any atom is 0.411 e. The number of amides is 2. The summed E-state index contributed by atoms with van der Waals surface area (Å²) in [6, 6.07) is 13.4. The normalized spacial score (nSPS) is 11.1. The van der Waals surface area contributed by atoms with Crippen molar-refractivity contribution in [3.63, 3.8) is 0 Å². The number of anilines is 1. The number of carbonyl (C=O) groups excluding carboxylic acids is 1. The van der Waals surface area contributed by atoms with Crippen molar-refractivity contribution < 1.29 is 27.4 Å². The summed E-state index contributed by atoms with van der Waals surface area (Å²) in [4.78, 5) is 12.0. The van der Waals surface area contributed by atoms with E-state index in [1.165, 1.54) is 7.11 Å². The minimum absolute atomic E-state index is 0.124. The van der Waals surface area contributed by atoms with Crippen molar-refractivity contribution in [2.45, 2.75) is 19.3 Å². The van der Waals surface area contributed by atoms with Crippen molar-refractivity contribution in [2.24, 2.45) is 0 Å². The molecule has 0 saturated carbocycles. The van der Waals surface area contributed by atoms with Crippen molar-refractivity contribution in [2.75, 3.05) is 19.0 Å². The highest BCUT2D eigenvalue weighted by Crippen LogP contribution is 2.22. The highest BCUT2D eigenvalue weighted by Gasteiger charge is 2.27. The lowest BCUT2D eigenvalue weighted by Gasteiger charge is -2.11. The third kappa shape index (κ3) is 6.64. The number of halogens is 3. The zero-order valence-electron chi connectivity index (χ0n) is 14.1. The van der Waals surface area contributed by atoms with Crippen molar-refractivity contribution in [1.82, 2.24) is 5.32 Å². The van der Waals surface area contributed by atoms with Gasteiger partial charge in [0.25, 0.3) is 0 Å². The molecular formula is C18H19F3N2O3. The molecule has 140 valence electrons. The van der Waals surface area contributed by atoms with E-state index >= 15 is 0 Å². The van der Waals surface area contributed by atoms with Crippen molar-refractivity contribution >= 4 is 11.7 Å². The Morgan fingerprint density at radius 3 is 2.35 bits per heavy atom. The molecule has 2 aromatic carbocycles. The summed E-state index contributed by atoms with van der Waals surface area (Å²) in [5.41, 5.74) is 1.97. The zero-order valence-corrected chi connectivity index (χ0v) is 14.1. The maximum atomic E-state index is 12.0. The molecule has 0 spiro atoms. The van der Waals surface area contributed by atoms with Crippen molar-refractivity contribution in [3.05, 3.63) is 59.7 Å². The summed E-state index contributed by atoms with van der Waals surface area (Å²) in [5.74, 6) is 0.547. The van der Waals surface area contributed by atoms with Crippen LogP contribution in [0.4, 0.5) is 23.7 Å². The van der Waals surface area contributed by atoms with Gasteiger partial charge in [-0.1, -0.05) is 36.4 Å². The van der Waals surface area contributed by atoms with Crippen LogP contribution < -0.4 is 15.4 Å². The smallest absolute Gasteiger partial charge is 0.411 e. The standard InChI is InChI=1S/C18H19F3N2O3/c1-25-16-5-3-2-4-15(16)23-17(24)22-10-13-6-8-14(9-7-13)11-26-12-18(19,20)21/h2-9H,10-12H2,1H3,(H2,22,23,24). The highest BCUT2D eigenvalue weighted by molar-refractivity contribution is 5.90. The topological polar surface area (TPSA) is 59.6 Å². The monoisotopic (exact) mass is 368 g/mol. The van der Waals surface area contributed by atoms with E-state index in [0.29, 0.717) is 17.0 Å². The SMILES string of the molecule is COc1ccccc1NC(=O)NCc1ccc(COCC(F)(F)F)cc1. The predicted octanol–water partition coefficient (Wildman–Crippen LogP) is 4.10. The van der Waals surface area contributed by atoms with Gasteiger partial charge in [0, 0.05) is 6.54 Å². The largest absolute Gasteiger partial charge is 0.495 e. The molecule has 0 saturated heterocycles. The van der Waals surface area contributed by atoms with Crippen LogP contribution in [0.3, 0.4) is 0 Å². The summed E-state index contributed by atoms with van der Waals surface area (Å²) < 4.78 is 45.8. The van der Waals surface area contributed by atoms with Gasteiger partial charge >= 0.3 is 12.2 Å². The Balaban J connectivity index is 1.79. The van der Waals surface area contributed by atoms with Gasteiger partial charge in [0.2, 0.25) is 0 Å². The Kier molecular flexibility index (Phi) is 6.85. The first-order chi connectivity index (χ1) is 12.4. The number of para-hydroxylation sites is 2. The summed E-state index contributed by atoms with van der Waals surface area (Å²) >= 11 is 0. The van der Waals surface area contributed by atoms with Gasteiger partial charge in [0.05, 0.1) is 19.4 Å². The number of hydrogen-bond donors (Lipinski definition) is 2. The van der Waals surface area contributed by atoms with Crippen LogP contribution in [-0.4, -0.2) is 25.9 Å². The third-order valence-electron chi connectivity index (χ3n) is 3.37. The molecule has 0 unspecified atom stereocenters. The Bertz CT molecular complexity index is 718. The molecule has 0 radical (unpaired) electrons. The molecule has 0 bridgehead atoms. The lowest BCUT2D eigenvalue weighted by Crippen LogP contribution is -2.28. The lowest BCUT2D eigenvalue weighted by molar-refractivity contribution is -0.176. The first kappa shape index (κ1) is 19.6. The first-order valence-corrected chi connectivity index (χ1v) is 7.77. The van der Waals surface area contributed by atoms with Gasteiger partial charge in [-0.05, 0) is 23.3 Å². The molecule has 26 heavy (non-hydrogen) atoms. The average Bonchev–Trinajstić information content (AvgIpc) is 2.60. The minimum atomic E-state index is -4.33. The van der Waals surface area contributed by atoms with Crippen LogP contribution in [0.2, 0.25) is 0 Å². The first-order valence-electron chi connectivity index (χ1n) is 7.77. The molecule has 0 heterocycles. The summed E-state index contributed by atoms with van der Waals surface area (Å²) in [5, 5.41) is 5.38. The fourth-order valence-electron chi connectivity index (χ4n) is 2.13. The molecule has 0 fully saturated rings. The van der Waals surface area contributed by atoms with E-state index in [2.05, 4.69) is 15.4 Å². The zero-order chi connectivity index (χ0) is 19.0. The third-order valence-corrected chi connectivity index (χ3v) is 3.37. The van der Waals surface area contributed by atoms with E-state index in [4.69, 9.17) is 4.74 Å². The molecule has 8 heteroatoms. The van der Waals surface area contributed by atoms with E-state index in [1.807, 2.05) is 0 Å². The number of hydrogen-bond acceptors (Lipinski definition) is 3. The molecule has 5 nitrogen and oxygen atoms in total. The van der Waals surface area contributed by atoms with Gasteiger partial charge in [-0.3, -0.25) is 0 Å². The molecular weight excluding hydrogens is 349 g/mol. The second kappa shape index (κ2) is 9.10. The van der Waals surface area contributed by atoms with Crippen LogP contribution in [-0.2, 0) is 17.9 Å². The highest BCUT2D eigenvalue weighted by atomic mass is 19.4. The molecule has 0 aromatic heterocycles. The molecule has 0 aliphatic carbocycles. The number of ether oxygens (including phenoxy) is 2. The van der Waals surface area contributed by atoms with Gasteiger partial charge in [-0.2, -0.15) is 13.2 Å². The Morgan fingerprint density at radius 1 is 1.04 bits per heavy atom. The van der Waals surface area contributed by atoms with Gasteiger partial charge in [0.1, 0.15) is 12.4 Å². The molecule has 2 rings (SSSR count). The summed E-state index contributed by atoms with van der Waals surface area (Å²) in [6.07, 6.45) is -4.33. The van der Waals surface area contributed by atoms with E-state index in [9.17, 15) is 18.0 Å². The lowest BCUT2D eigenvalue weighted by atomic mass is 10.1. The molecule has 0 aliphatic heterocycles. The molecule has 2 amide bonds. The number of alkyl halides is 3. The Morgan fingerprint density at radius 2 is 1.69 bits per heavy atom. The minimum Gasteiger partial charge on any atom is -0.495 e.